The molecule has 20 heavy (non-hydrogen) atoms. The molecule has 0 radical (unpaired) electrons. The first kappa shape index (κ1) is 13.9. The number of carbonyl (C=O) groups excluding carboxylic acids is 2. The van der Waals surface area contributed by atoms with Gasteiger partial charge < -0.3 is 5.32 Å². The number of carbonyl (C=O) groups is 2. The molecule has 1 saturated carbocycles. The Morgan fingerprint density at radius 3 is 2.40 bits per heavy atom. The lowest BCUT2D eigenvalue weighted by Crippen LogP contribution is -2.48. The van der Waals surface area contributed by atoms with Crippen LogP contribution in [0.25, 0.3) is 0 Å². The Morgan fingerprint density at radius 1 is 1.10 bits per heavy atom. The number of imide groups is 1. The summed E-state index contributed by atoms with van der Waals surface area (Å²) in [6, 6.07) is 7.67. The minimum atomic E-state index is -0.613. The van der Waals surface area contributed by atoms with E-state index in [4.69, 9.17) is 0 Å². The molecule has 3 rings (SSSR count). The molecule has 3 amide bonds. The average molecular weight is 384 g/mol. The highest BCUT2D eigenvalue weighted by atomic mass is 127. The van der Waals surface area contributed by atoms with Crippen molar-refractivity contribution in [2.75, 3.05) is 0 Å². The van der Waals surface area contributed by atoms with Gasteiger partial charge >= 0.3 is 6.03 Å². The third-order valence-corrected chi connectivity index (χ3v) is 4.93. The molecule has 0 unspecified atom stereocenters. The van der Waals surface area contributed by atoms with Crippen LogP contribution in [0, 0.1) is 3.57 Å². The van der Waals surface area contributed by atoms with E-state index < -0.39 is 5.54 Å². The number of rotatable bonds is 2. The van der Waals surface area contributed by atoms with Crippen molar-refractivity contribution in [1.29, 1.82) is 0 Å². The molecule has 2 fully saturated rings. The van der Waals surface area contributed by atoms with Gasteiger partial charge in [-0.25, -0.2) is 4.79 Å². The summed E-state index contributed by atoms with van der Waals surface area (Å²) in [5.74, 6) is -0.0410. The molecule has 1 saturated heterocycles. The van der Waals surface area contributed by atoms with Gasteiger partial charge in [-0.05, 0) is 53.1 Å². The van der Waals surface area contributed by atoms with E-state index >= 15 is 0 Å². The minimum absolute atomic E-state index is 0.0410. The largest absolute Gasteiger partial charge is 0.325 e. The molecular weight excluding hydrogens is 367 g/mol. The average Bonchev–Trinajstić information content (AvgIpc) is 2.67. The molecule has 0 atom stereocenters. The number of urea groups is 1. The van der Waals surface area contributed by atoms with E-state index in [-0.39, 0.29) is 11.9 Å². The van der Waals surface area contributed by atoms with Crippen molar-refractivity contribution in [2.24, 2.45) is 0 Å². The molecule has 0 aromatic heterocycles. The Morgan fingerprint density at radius 2 is 1.75 bits per heavy atom. The first-order valence-electron chi connectivity index (χ1n) is 6.99. The first-order valence-corrected chi connectivity index (χ1v) is 8.07. The molecule has 1 N–H and O–H groups in total. The van der Waals surface area contributed by atoms with Gasteiger partial charge in [0.2, 0.25) is 0 Å². The molecule has 4 nitrogen and oxygen atoms in total. The molecule has 1 aliphatic carbocycles. The highest BCUT2D eigenvalue weighted by molar-refractivity contribution is 14.1. The van der Waals surface area contributed by atoms with Crippen LogP contribution >= 0.6 is 22.6 Å². The van der Waals surface area contributed by atoms with E-state index in [9.17, 15) is 9.59 Å². The van der Waals surface area contributed by atoms with E-state index in [0.29, 0.717) is 6.54 Å². The fourth-order valence-electron chi connectivity index (χ4n) is 3.09. The third-order valence-electron chi connectivity index (χ3n) is 4.21. The number of benzene rings is 1. The van der Waals surface area contributed by atoms with Gasteiger partial charge in [0.15, 0.2) is 0 Å². The van der Waals surface area contributed by atoms with Gasteiger partial charge in [0.25, 0.3) is 5.91 Å². The molecule has 106 valence electrons. The van der Waals surface area contributed by atoms with Crippen LogP contribution in [0.5, 0.6) is 0 Å². The molecule has 1 aromatic carbocycles. The molecule has 1 heterocycles. The van der Waals surface area contributed by atoms with Gasteiger partial charge in [-0.1, -0.05) is 31.4 Å². The fraction of sp³-hybridized carbons (Fsp3) is 0.467. The third kappa shape index (κ3) is 2.43. The Balaban J connectivity index is 1.78. The van der Waals surface area contributed by atoms with E-state index in [0.717, 1.165) is 41.2 Å². The zero-order chi connectivity index (χ0) is 14.2. The van der Waals surface area contributed by atoms with Gasteiger partial charge in [-0.15, -0.1) is 0 Å². The molecule has 1 aromatic rings. The SMILES string of the molecule is O=C1NC2(CCCCC2)C(=O)N1Cc1ccc(I)cc1. The van der Waals surface area contributed by atoms with Gasteiger partial charge in [0.05, 0.1) is 6.54 Å². The van der Waals surface area contributed by atoms with Crippen molar-refractivity contribution in [3.05, 3.63) is 33.4 Å². The Labute approximate surface area is 132 Å². The first-order chi connectivity index (χ1) is 9.61. The van der Waals surface area contributed by atoms with Crippen molar-refractivity contribution < 1.29 is 9.59 Å². The maximum atomic E-state index is 12.6. The fourth-order valence-corrected chi connectivity index (χ4v) is 3.45. The van der Waals surface area contributed by atoms with Gasteiger partial charge in [0, 0.05) is 3.57 Å². The van der Waals surface area contributed by atoms with E-state index in [2.05, 4.69) is 27.9 Å². The summed E-state index contributed by atoms with van der Waals surface area (Å²) < 4.78 is 1.15. The lowest BCUT2D eigenvalue weighted by molar-refractivity contribution is -0.132. The number of halogens is 1. The molecule has 5 heteroatoms. The Bertz CT molecular complexity index is 535. The van der Waals surface area contributed by atoms with Crippen LogP contribution in [-0.2, 0) is 11.3 Å². The van der Waals surface area contributed by atoms with E-state index in [1.807, 2.05) is 24.3 Å². The smallest absolute Gasteiger partial charge is 0.323 e. The summed E-state index contributed by atoms with van der Waals surface area (Å²) in [5.41, 5.74) is 0.375. The lowest BCUT2D eigenvalue weighted by Gasteiger charge is -2.30. The minimum Gasteiger partial charge on any atom is -0.323 e. The number of hydrogen-bond donors (Lipinski definition) is 1. The number of nitrogens with zero attached hydrogens (tertiary/aromatic N) is 1. The summed E-state index contributed by atoms with van der Waals surface area (Å²) in [6.45, 7) is 0.364. The van der Waals surface area contributed by atoms with Crippen LogP contribution in [0.3, 0.4) is 0 Å². The van der Waals surface area contributed by atoms with Crippen LogP contribution in [0.4, 0.5) is 4.79 Å². The van der Waals surface area contributed by atoms with Gasteiger partial charge in [-0.3, -0.25) is 9.69 Å². The van der Waals surface area contributed by atoms with Crippen LogP contribution in [0.1, 0.15) is 37.7 Å². The number of amides is 3. The maximum absolute atomic E-state index is 12.6. The van der Waals surface area contributed by atoms with Crippen LogP contribution in [0.2, 0.25) is 0 Å². The van der Waals surface area contributed by atoms with Crippen LogP contribution < -0.4 is 5.32 Å². The maximum Gasteiger partial charge on any atom is 0.325 e. The lowest BCUT2D eigenvalue weighted by atomic mass is 9.82. The summed E-state index contributed by atoms with van der Waals surface area (Å²) >= 11 is 2.24. The Kier molecular flexibility index (Phi) is 3.70. The zero-order valence-electron chi connectivity index (χ0n) is 11.2. The Hall–Kier alpha value is -1.11. The highest BCUT2D eigenvalue weighted by Gasteiger charge is 2.51. The molecule has 1 aliphatic heterocycles. The second-order valence-electron chi connectivity index (χ2n) is 5.59. The summed E-state index contributed by atoms with van der Waals surface area (Å²) in [4.78, 5) is 26.1. The van der Waals surface area contributed by atoms with Crippen molar-refractivity contribution >= 4 is 34.5 Å². The number of nitrogens with one attached hydrogen (secondary N) is 1. The van der Waals surface area contributed by atoms with Crippen molar-refractivity contribution in [3.8, 4) is 0 Å². The topological polar surface area (TPSA) is 49.4 Å². The van der Waals surface area contributed by atoms with Crippen LogP contribution in [-0.4, -0.2) is 22.4 Å². The second-order valence-corrected chi connectivity index (χ2v) is 6.84. The normalized spacial score (nSPS) is 21.4. The summed E-state index contributed by atoms with van der Waals surface area (Å²) in [7, 11) is 0. The standard InChI is InChI=1S/C15H17IN2O2/c16-12-6-4-11(5-7-12)10-18-13(19)15(17-14(18)20)8-2-1-3-9-15/h4-7H,1-3,8-10H2,(H,17,20). The molecule has 2 aliphatic rings. The molecule has 1 spiro atoms. The summed E-state index contributed by atoms with van der Waals surface area (Å²) in [5, 5.41) is 2.94. The van der Waals surface area contributed by atoms with Gasteiger partial charge in [0.1, 0.15) is 5.54 Å². The predicted molar refractivity (Wildman–Crippen MR) is 84.1 cm³/mol. The van der Waals surface area contributed by atoms with Crippen molar-refractivity contribution in [3.63, 3.8) is 0 Å². The zero-order valence-corrected chi connectivity index (χ0v) is 13.4. The highest BCUT2D eigenvalue weighted by Crippen LogP contribution is 2.34. The van der Waals surface area contributed by atoms with Crippen LogP contribution in [0.15, 0.2) is 24.3 Å². The van der Waals surface area contributed by atoms with Crippen molar-refractivity contribution in [1.82, 2.24) is 10.2 Å². The molecular formula is C15H17IN2O2. The number of hydrogen-bond acceptors (Lipinski definition) is 2. The monoisotopic (exact) mass is 384 g/mol. The van der Waals surface area contributed by atoms with E-state index in [1.54, 1.807) is 0 Å². The van der Waals surface area contributed by atoms with Crippen molar-refractivity contribution in [2.45, 2.75) is 44.2 Å². The second kappa shape index (κ2) is 5.35. The quantitative estimate of drug-likeness (QED) is 0.630. The van der Waals surface area contributed by atoms with Gasteiger partial charge in [-0.2, -0.15) is 0 Å². The summed E-state index contributed by atoms with van der Waals surface area (Å²) in [6.07, 6.45) is 4.75. The predicted octanol–water partition coefficient (Wildman–Crippen LogP) is 3.05. The molecule has 0 bridgehead atoms. The van der Waals surface area contributed by atoms with E-state index in [1.165, 1.54) is 4.90 Å².